The molecule has 1 aromatic heterocycles. The van der Waals surface area contributed by atoms with E-state index in [1.807, 2.05) is 6.07 Å². The summed E-state index contributed by atoms with van der Waals surface area (Å²) in [5.74, 6) is 0.429. The van der Waals surface area contributed by atoms with Crippen LogP contribution in [0, 0.1) is 5.92 Å². The molecule has 0 saturated carbocycles. The Balaban J connectivity index is 3.03. The van der Waals surface area contributed by atoms with Crippen LogP contribution in [0.1, 0.15) is 62.8 Å². The first-order valence-corrected chi connectivity index (χ1v) is 6.79. The minimum Gasteiger partial charge on any atom is -0.464 e. The lowest BCUT2D eigenvalue weighted by Crippen LogP contribution is -2.16. The van der Waals surface area contributed by atoms with Gasteiger partial charge in [0.05, 0.1) is 7.11 Å². The highest BCUT2D eigenvalue weighted by Gasteiger charge is 2.18. The fourth-order valence-electron chi connectivity index (χ4n) is 2.10. The molecule has 0 saturated heterocycles. The molecule has 3 heteroatoms. The Morgan fingerprint density at radius 2 is 2.00 bits per heavy atom. The van der Waals surface area contributed by atoms with Gasteiger partial charge >= 0.3 is 5.97 Å². The normalized spacial score (nSPS) is 12.8. The summed E-state index contributed by atoms with van der Waals surface area (Å²) in [5.41, 5.74) is 1.91. The number of carbonyl (C=O) groups excluding carboxylic acids is 1. The standard InChI is InChI=1S/C15H25NO2/c1-6-12(4)16-13(8-7-11(2)3)9-10-14(16)15(17)18-5/h9-12H,6-8H2,1-5H3/t12-/m0/s1. The SMILES string of the molecule is CC[C@H](C)n1c(CCC(C)C)ccc1C(=O)OC. The van der Waals surface area contributed by atoms with Gasteiger partial charge in [-0.3, -0.25) is 0 Å². The predicted octanol–water partition coefficient (Wildman–Crippen LogP) is 3.83. The molecule has 0 radical (unpaired) electrons. The van der Waals surface area contributed by atoms with Gasteiger partial charge in [-0.05, 0) is 44.2 Å². The number of hydrogen-bond donors (Lipinski definition) is 0. The zero-order valence-corrected chi connectivity index (χ0v) is 12.2. The van der Waals surface area contributed by atoms with Crippen LogP contribution in [0.15, 0.2) is 12.1 Å². The van der Waals surface area contributed by atoms with Gasteiger partial charge in [0, 0.05) is 11.7 Å². The van der Waals surface area contributed by atoms with Gasteiger partial charge in [0.25, 0.3) is 0 Å². The first-order chi connectivity index (χ1) is 8.51. The molecule has 0 aliphatic rings. The molecule has 1 heterocycles. The topological polar surface area (TPSA) is 31.2 Å². The van der Waals surface area contributed by atoms with Gasteiger partial charge in [-0.15, -0.1) is 0 Å². The molecule has 0 amide bonds. The van der Waals surface area contributed by atoms with Crippen molar-refractivity contribution in [3.05, 3.63) is 23.5 Å². The number of ether oxygens (including phenoxy) is 1. The third-order valence-electron chi connectivity index (χ3n) is 3.41. The van der Waals surface area contributed by atoms with E-state index in [-0.39, 0.29) is 5.97 Å². The summed E-state index contributed by atoms with van der Waals surface area (Å²) in [5, 5.41) is 0. The van der Waals surface area contributed by atoms with E-state index >= 15 is 0 Å². The van der Waals surface area contributed by atoms with Crippen LogP contribution < -0.4 is 0 Å². The smallest absolute Gasteiger partial charge is 0.354 e. The second kappa shape index (κ2) is 6.62. The fraction of sp³-hybridized carbons (Fsp3) is 0.667. The summed E-state index contributed by atoms with van der Waals surface area (Å²) in [7, 11) is 1.43. The molecule has 0 unspecified atom stereocenters. The maximum Gasteiger partial charge on any atom is 0.354 e. The monoisotopic (exact) mass is 251 g/mol. The van der Waals surface area contributed by atoms with E-state index in [0.717, 1.165) is 19.3 Å². The van der Waals surface area contributed by atoms with Crippen molar-refractivity contribution in [2.45, 2.75) is 53.0 Å². The van der Waals surface area contributed by atoms with Crippen molar-refractivity contribution < 1.29 is 9.53 Å². The lowest BCUT2D eigenvalue weighted by atomic mass is 10.1. The number of methoxy groups -OCH3 is 1. The summed E-state index contributed by atoms with van der Waals surface area (Å²) in [4.78, 5) is 11.8. The molecule has 1 aromatic rings. The Labute approximate surface area is 110 Å². The lowest BCUT2D eigenvalue weighted by Gasteiger charge is -2.19. The molecule has 0 spiro atoms. The molecular weight excluding hydrogens is 226 g/mol. The Bertz CT molecular complexity index is 393. The lowest BCUT2D eigenvalue weighted by molar-refractivity contribution is 0.0585. The van der Waals surface area contributed by atoms with E-state index in [1.54, 1.807) is 0 Å². The van der Waals surface area contributed by atoms with Crippen molar-refractivity contribution in [2.75, 3.05) is 7.11 Å². The fourth-order valence-corrected chi connectivity index (χ4v) is 2.10. The quantitative estimate of drug-likeness (QED) is 0.719. The van der Waals surface area contributed by atoms with Crippen molar-refractivity contribution in [3.63, 3.8) is 0 Å². The molecule has 1 atom stereocenters. The number of rotatable bonds is 6. The van der Waals surface area contributed by atoms with Gasteiger partial charge in [-0.1, -0.05) is 20.8 Å². The molecule has 18 heavy (non-hydrogen) atoms. The van der Waals surface area contributed by atoms with E-state index in [4.69, 9.17) is 4.74 Å². The summed E-state index contributed by atoms with van der Waals surface area (Å²) >= 11 is 0. The van der Waals surface area contributed by atoms with E-state index in [0.29, 0.717) is 17.7 Å². The van der Waals surface area contributed by atoms with Gasteiger partial charge < -0.3 is 9.30 Å². The average Bonchev–Trinajstić information content (AvgIpc) is 2.78. The van der Waals surface area contributed by atoms with Crippen molar-refractivity contribution in [2.24, 2.45) is 5.92 Å². The number of aryl methyl sites for hydroxylation is 1. The van der Waals surface area contributed by atoms with Crippen LogP contribution in [-0.2, 0) is 11.2 Å². The highest BCUT2D eigenvalue weighted by Crippen LogP contribution is 2.22. The first kappa shape index (κ1) is 14.8. The van der Waals surface area contributed by atoms with Crippen LogP contribution in [0.2, 0.25) is 0 Å². The largest absolute Gasteiger partial charge is 0.464 e. The second-order valence-corrected chi connectivity index (χ2v) is 5.26. The van der Waals surface area contributed by atoms with Crippen LogP contribution in [0.5, 0.6) is 0 Å². The van der Waals surface area contributed by atoms with Crippen LogP contribution in [0.4, 0.5) is 0 Å². The van der Waals surface area contributed by atoms with Crippen LogP contribution in [0.3, 0.4) is 0 Å². The van der Waals surface area contributed by atoms with Crippen molar-refractivity contribution >= 4 is 5.97 Å². The second-order valence-electron chi connectivity index (χ2n) is 5.26. The molecule has 0 fully saturated rings. The molecule has 0 aromatic carbocycles. The first-order valence-electron chi connectivity index (χ1n) is 6.79. The highest BCUT2D eigenvalue weighted by molar-refractivity contribution is 5.87. The molecule has 0 aliphatic heterocycles. The number of carbonyl (C=O) groups is 1. The molecule has 102 valence electrons. The summed E-state index contributed by atoms with van der Waals surface area (Å²) in [6.07, 6.45) is 3.16. The van der Waals surface area contributed by atoms with Crippen molar-refractivity contribution in [1.82, 2.24) is 4.57 Å². The molecule has 1 rings (SSSR count). The van der Waals surface area contributed by atoms with Crippen LogP contribution in [-0.4, -0.2) is 17.6 Å². The van der Waals surface area contributed by atoms with Gasteiger partial charge in [0.15, 0.2) is 0 Å². The number of aromatic nitrogens is 1. The average molecular weight is 251 g/mol. The summed E-state index contributed by atoms with van der Waals surface area (Å²) in [6.45, 7) is 8.72. The van der Waals surface area contributed by atoms with Gasteiger partial charge in [0.2, 0.25) is 0 Å². The Hall–Kier alpha value is -1.25. The van der Waals surface area contributed by atoms with Crippen LogP contribution in [0.25, 0.3) is 0 Å². The maximum atomic E-state index is 11.8. The van der Waals surface area contributed by atoms with E-state index in [1.165, 1.54) is 12.8 Å². The van der Waals surface area contributed by atoms with Crippen molar-refractivity contribution in [1.29, 1.82) is 0 Å². The Kier molecular flexibility index (Phi) is 5.45. The van der Waals surface area contributed by atoms with E-state index < -0.39 is 0 Å². The molecule has 3 nitrogen and oxygen atoms in total. The molecule has 0 N–H and O–H groups in total. The van der Waals surface area contributed by atoms with Gasteiger partial charge in [-0.2, -0.15) is 0 Å². The summed E-state index contributed by atoms with van der Waals surface area (Å²) < 4.78 is 6.98. The molecular formula is C15H25NO2. The molecule has 0 bridgehead atoms. The minimum absolute atomic E-state index is 0.244. The number of nitrogens with zero attached hydrogens (tertiary/aromatic N) is 1. The minimum atomic E-state index is -0.244. The predicted molar refractivity (Wildman–Crippen MR) is 73.9 cm³/mol. The number of esters is 1. The van der Waals surface area contributed by atoms with E-state index in [9.17, 15) is 4.79 Å². The Morgan fingerprint density at radius 3 is 2.50 bits per heavy atom. The zero-order chi connectivity index (χ0) is 13.7. The number of hydrogen-bond acceptors (Lipinski definition) is 2. The third-order valence-corrected chi connectivity index (χ3v) is 3.41. The molecule has 0 aliphatic carbocycles. The highest BCUT2D eigenvalue weighted by atomic mass is 16.5. The Morgan fingerprint density at radius 1 is 1.33 bits per heavy atom. The van der Waals surface area contributed by atoms with Crippen LogP contribution >= 0.6 is 0 Å². The van der Waals surface area contributed by atoms with Gasteiger partial charge in [0.1, 0.15) is 5.69 Å². The van der Waals surface area contributed by atoms with Crippen molar-refractivity contribution in [3.8, 4) is 0 Å². The maximum absolute atomic E-state index is 11.8. The third kappa shape index (κ3) is 3.37. The summed E-state index contributed by atoms with van der Waals surface area (Å²) in [6, 6.07) is 4.27. The zero-order valence-electron chi connectivity index (χ0n) is 12.2. The van der Waals surface area contributed by atoms with E-state index in [2.05, 4.69) is 38.3 Å². The van der Waals surface area contributed by atoms with Gasteiger partial charge in [-0.25, -0.2) is 4.79 Å².